The van der Waals surface area contributed by atoms with Crippen LogP contribution in [0.1, 0.15) is 220 Å². The molecule has 312 valence electrons. The van der Waals surface area contributed by atoms with Crippen LogP contribution in [0.2, 0.25) is 0 Å². The van der Waals surface area contributed by atoms with Gasteiger partial charge in [0.05, 0.1) is 0 Å². The fourth-order valence-electron chi connectivity index (χ4n) is 6.11. The number of ether oxygens (including phenoxy) is 3. The van der Waals surface area contributed by atoms with Crippen molar-refractivity contribution in [3.63, 3.8) is 0 Å². The van der Waals surface area contributed by atoms with Crippen molar-refractivity contribution in [2.24, 2.45) is 0 Å². The molecule has 0 aromatic carbocycles. The predicted octanol–water partition coefficient (Wildman–Crippen LogP) is 14.4. The molecule has 0 aliphatic carbocycles. The number of rotatable bonds is 40. The maximum Gasteiger partial charge on any atom is 0.306 e. The van der Waals surface area contributed by atoms with Gasteiger partial charge >= 0.3 is 17.9 Å². The van der Waals surface area contributed by atoms with E-state index < -0.39 is 6.10 Å². The highest BCUT2D eigenvalue weighted by Crippen LogP contribution is 2.13. The number of unbranched alkanes of at least 4 members (excludes halogenated alkanes) is 21. The van der Waals surface area contributed by atoms with Crippen LogP contribution in [0.15, 0.2) is 48.6 Å². The highest BCUT2D eigenvalue weighted by molar-refractivity contribution is 5.71. The largest absolute Gasteiger partial charge is 0.462 e. The fourth-order valence-corrected chi connectivity index (χ4v) is 6.11. The van der Waals surface area contributed by atoms with Gasteiger partial charge in [0.25, 0.3) is 0 Å². The van der Waals surface area contributed by atoms with E-state index in [1.165, 1.54) is 96.3 Å². The Morgan fingerprint density at radius 3 is 1.20 bits per heavy atom. The van der Waals surface area contributed by atoms with Crippen molar-refractivity contribution in [1.82, 2.24) is 0 Å². The number of carbonyl (C=O) groups excluding carboxylic acids is 3. The SMILES string of the molecule is CC/C=C\C/C=C\CCCCC(=O)OCC(COC(=O)CCCCCCCCC/C=C\CCCCCC)OC(=O)CCCCCCC/C=C\CCCCC. The molecule has 0 heterocycles. The van der Waals surface area contributed by atoms with Crippen molar-refractivity contribution in [3.05, 3.63) is 48.6 Å². The van der Waals surface area contributed by atoms with E-state index in [2.05, 4.69) is 69.4 Å². The van der Waals surface area contributed by atoms with E-state index in [0.29, 0.717) is 19.3 Å². The zero-order valence-electron chi connectivity index (χ0n) is 35.5. The summed E-state index contributed by atoms with van der Waals surface area (Å²) >= 11 is 0. The number of hydrogen-bond acceptors (Lipinski definition) is 6. The van der Waals surface area contributed by atoms with Crippen LogP contribution in [-0.2, 0) is 28.6 Å². The quantitative estimate of drug-likeness (QED) is 0.0268. The molecule has 0 rings (SSSR count). The Morgan fingerprint density at radius 1 is 0.389 bits per heavy atom. The maximum atomic E-state index is 12.7. The molecule has 0 amide bonds. The van der Waals surface area contributed by atoms with Gasteiger partial charge in [-0.1, -0.05) is 153 Å². The summed E-state index contributed by atoms with van der Waals surface area (Å²) in [6.07, 6.45) is 49.6. The Kier molecular flexibility index (Phi) is 41.0. The minimum Gasteiger partial charge on any atom is -0.462 e. The lowest BCUT2D eigenvalue weighted by Gasteiger charge is -2.18. The Labute approximate surface area is 333 Å². The molecule has 0 saturated heterocycles. The van der Waals surface area contributed by atoms with Crippen LogP contribution in [0.3, 0.4) is 0 Å². The minimum absolute atomic E-state index is 0.0890. The van der Waals surface area contributed by atoms with Crippen LogP contribution in [0.25, 0.3) is 0 Å². The molecule has 0 N–H and O–H groups in total. The Balaban J connectivity index is 4.38. The van der Waals surface area contributed by atoms with Gasteiger partial charge in [0.1, 0.15) is 13.2 Å². The number of allylic oxidation sites excluding steroid dienone is 8. The number of carbonyl (C=O) groups is 3. The van der Waals surface area contributed by atoms with Gasteiger partial charge in [-0.25, -0.2) is 0 Å². The summed E-state index contributed by atoms with van der Waals surface area (Å²) in [4.78, 5) is 37.6. The smallest absolute Gasteiger partial charge is 0.306 e. The second-order valence-corrected chi connectivity index (χ2v) is 14.9. The topological polar surface area (TPSA) is 78.9 Å². The highest BCUT2D eigenvalue weighted by Gasteiger charge is 2.19. The van der Waals surface area contributed by atoms with Crippen molar-refractivity contribution in [3.8, 4) is 0 Å². The molecule has 1 atom stereocenters. The maximum absolute atomic E-state index is 12.7. The molecule has 0 aliphatic heterocycles. The standard InChI is InChI=1S/C48H84O6/c1-4-7-10-13-16-19-21-23-24-25-27-29-32-35-38-41-47(50)53-44-45(43-52-46(49)40-37-34-31-28-18-15-12-9-6-3)54-48(51)42-39-36-33-30-26-22-20-17-14-11-8-5-2/h9,12,17-21,28,45H,4-8,10-11,13-16,22-27,29-44H2,1-3H3/b12-9-,20-17-,21-19-,28-18-. The third-order valence-corrected chi connectivity index (χ3v) is 9.54. The lowest BCUT2D eigenvalue weighted by molar-refractivity contribution is -0.167. The van der Waals surface area contributed by atoms with Crippen LogP contribution in [0.5, 0.6) is 0 Å². The summed E-state index contributed by atoms with van der Waals surface area (Å²) < 4.78 is 16.6. The average molecular weight is 757 g/mol. The molecule has 54 heavy (non-hydrogen) atoms. The zero-order valence-corrected chi connectivity index (χ0v) is 35.5. The van der Waals surface area contributed by atoms with Crippen LogP contribution < -0.4 is 0 Å². The lowest BCUT2D eigenvalue weighted by Crippen LogP contribution is -2.30. The molecule has 0 radical (unpaired) electrons. The van der Waals surface area contributed by atoms with Gasteiger partial charge in [0, 0.05) is 19.3 Å². The summed E-state index contributed by atoms with van der Waals surface area (Å²) in [7, 11) is 0. The van der Waals surface area contributed by atoms with Gasteiger partial charge in [-0.3, -0.25) is 14.4 Å². The fraction of sp³-hybridized carbons (Fsp3) is 0.771. The van der Waals surface area contributed by atoms with Gasteiger partial charge in [-0.2, -0.15) is 0 Å². The summed E-state index contributed by atoms with van der Waals surface area (Å²) in [5, 5.41) is 0. The first-order valence-electron chi connectivity index (χ1n) is 22.6. The minimum atomic E-state index is -0.787. The van der Waals surface area contributed by atoms with Crippen molar-refractivity contribution in [2.75, 3.05) is 13.2 Å². The monoisotopic (exact) mass is 757 g/mol. The number of hydrogen-bond donors (Lipinski definition) is 0. The van der Waals surface area contributed by atoms with Gasteiger partial charge < -0.3 is 14.2 Å². The molecule has 6 nitrogen and oxygen atoms in total. The van der Waals surface area contributed by atoms with Crippen molar-refractivity contribution in [1.29, 1.82) is 0 Å². The Bertz CT molecular complexity index is 964. The molecule has 0 fully saturated rings. The van der Waals surface area contributed by atoms with Crippen molar-refractivity contribution >= 4 is 17.9 Å². The van der Waals surface area contributed by atoms with E-state index in [-0.39, 0.29) is 31.1 Å². The van der Waals surface area contributed by atoms with Crippen molar-refractivity contribution < 1.29 is 28.6 Å². The molecular formula is C48H84O6. The van der Waals surface area contributed by atoms with Crippen LogP contribution >= 0.6 is 0 Å². The third-order valence-electron chi connectivity index (χ3n) is 9.54. The third kappa shape index (κ3) is 40.6. The van der Waals surface area contributed by atoms with E-state index in [4.69, 9.17) is 14.2 Å². The average Bonchev–Trinajstić information content (AvgIpc) is 3.17. The van der Waals surface area contributed by atoms with E-state index >= 15 is 0 Å². The second kappa shape index (κ2) is 43.1. The first-order chi connectivity index (χ1) is 26.5. The molecule has 0 aliphatic rings. The first-order valence-corrected chi connectivity index (χ1v) is 22.6. The second-order valence-electron chi connectivity index (χ2n) is 14.9. The van der Waals surface area contributed by atoms with E-state index in [1.54, 1.807) is 0 Å². The van der Waals surface area contributed by atoms with Crippen LogP contribution in [0, 0.1) is 0 Å². The van der Waals surface area contributed by atoms with Gasteiger partial charge in [-0.15, -0.1) is 0 Å². The molecule has 0 saturated carbocycles. The van der Waals surface area contributed by atoms with Gasteiger partial charge in [0.15, 0.2) is 6.10 Å². The first kappa shape index (κ1) is 51.4. The van der Waals surface area contributed by atoms with Gasteiger partial charge in [-0.05, 0) is 96.3 Å². The molecule has 0 bridgehead atoms. The zero-order chi connectivity index (χ0) is 39.4. The molecule has 0 aromatic heterocycles. The summed E-state index contributed by atoms with van der Waals surface area (Å²) in [6.45, 7) is 6.42. The lowest BCUT2D eigenvalue weighted by atomic mass is 10.1. The Hall–Kier alpha value is -2.63. The molecule has 1 unspecified atom stereocenters. The summed E-state index contributed by atoms with van der Waals surface area (Å²) in [6, 6.07) is 0. The van der Waals surface area contributed by atoms with E-state index in [0.717, 1.165) is 83.5 Å². The molecule has 0 aromatic rings. The predicted molar refractivity (Wildman–Crippen MR) is 229 cm³/mol. The van der Waals surface area contributed by atoms with Gasteiger partial charge in [0.2, 0.25) is 0 Å². The molecular weight excluding hydrogens is 673 g/mol. The Morgan fingerprint density at radius 2 is 0.722 bits per heavy atom. The van der Waals surface area contributed by atoms with E-state index in [9.17, 15) is 14.4 Å². The number of esters is 3. The van der Waals surface area contributed by atoms with E-state index in [1.807, 2.05) is 0 Å². The molecule has 0 spiro atoms. The summed E-state index contributed by atoms with van der Waals surface area (Å²) in [5.74, 6) is -0.943. The molecule has 6 heteroatoms. The van der Waals surface area contributed by atoms with Crippen molar-refractivity contribution in [2.45, 2.75) is 226 Å². The normalized spacial score (nSPS) is 12.4. The highest BCUT2D eigenvalue weighted by atomic mass is 16.6. The van der Waals surface area contributed by atoms with Crippen LogP contribution in [0.4, 0.5) is 0 Å². The summed E-state index contributed by atoms with van der Waals surface area (Å²) in [5.41, 5.74) is 0. The van der Waals surface area contributed by atoms with Crippen LogP contribution in [-0.4, -0.2) is 37.2 Å².